The minimum atomic E-state index is -0.418. The molecule has 28 heavy (non-hydrogen) atoms. The molecule has 0 aliphatic heterocycles. The van der Waals surface area contributed by atoms with Crippen LogP contribution in [-0.4, -0.2) is 30.3 Å². The van der Waals surface area contributed by atoms with E-state index in [0.717, 1.165) is 0 Å². The van der Waals surface area contributed by atoms with Gasteiger partial charge in [-0.15, -0.1) is 0 Å². The third kappa shape index (κ3) is 3.02. The molecule has 0 saturated carbocycles. The number of hydrogen-bond acceptors (Lipinski definition) is 6. The van der Waals surface area contributed by atoms with Gasteiger partial charge >= 0.3 is 0 Å². The summed E-state index contributed by atoms with van der Waals surface area (Å²) in [7, 11) is 0. The summed E-state index contributed by atoms with van der Waals surface area (Å²) < 4.78 is 2.97. The van der Waals surface area contributed by atoms with Crippen LogP contribution in [0.3, 0.4) is 0 Å². The van der Waals surface area contributed by atoms with Crippen molar-refractivity contribution in [1.29, 1.82) is 5.26 Å². The number of nitrogens with two attached hydrogens (primary N) is 1. The van der Waals surface area contributed by atoms with Crippen LogP contribution in [-0.2, 0) is 0 Å². The van der Waals surface area contributed by atoms with Crippen LogP contribution in [0.4, 0.5) is 11.6 Å². The lowest BCUT2D eigenvalue weighted by Gasteiger charge is -2.10. The lowest BCUT2D eigenvalue weighted by molar-refractivity contribution is 0.102. The van der Waals surface area contributed by atoms with Gasteiger partial charge in [0.1, 0.15) is 17.2 Å². The van der Waals surface area contributed by atoms with Crippen molar-refractivity contribution in [2.75, 3.05) is 11.1 Å². The van der Waals surface area contributed by atoms with Gasteiger partial charge in [0.2, 0.25) is 0 Å². The predicted octanol–water partition coefficient (Wildman–Crippen LogP) is 2.58. The highest BCUT2D eigenvalue weighted by Gasteiger charge is 2.18. The second-order valence-corrected chi connectivity index (χ2v) is 6.40. The maximum absolute atomic E-state index is 12.8. The quantitative estimate of drug-likeness (QED) is 0.551. The van der Waals surface area contributed by atoms with Crippen LogP contribution in [0.25, 0.3) is 11.3 Å². The molecule has 1 aromatic carbocycles. The van der Waals surface area contributed by atoms with Gasteiger partial charge in [-0.05, 0) is 31.2 Å². The maximum Gasteiger partial charge on any atom is 0.262 e. The SMILES string of the molecule is Cc1cc(NC(=O)c2cnn3ccc(N)nc23)n(-c2ccc(C#N)cc2Cl)n1. The molecule has 1 amide bonds. The first-order chi connectivity index (χ1) is 13.5. The molecule has 0 bridgehead atoms. The number of aryl methyl sites for hydroxylation is 1. The normalized spacial score (nSPS) is 10.8. The van der Waals surface area contributed by atoms with E-state index in [2.05, 4.69) is 20.5 Å². The Kier molecular flexibility index (Phi) is 4.18. The Balaban J connectivity index is 1.72. The zero-order chi connectivity index (χ0) is 19.8. The third-order valence-corrected chi connectivity index (χ3v) is 4.32. The average molecular weight is 393 g/mol. The van der Waals surface area contributed by atoms with Gasteiger partial charge in [-0.25, -0.2) is 14.2 Å². The molecule has 0 saturated heterocycles. The molecular weight excluding hydrogens is 380 g/mol. The molecule has 3 aromatic heterocycles. The number of halogens is 1. The van der Waals surface area contributed by atoms with Crippen molar-refractivity contribution in [3.8, 4) is 11.8 Å². The number of anilines is 2. The Morgan fingerprint density at radius 3 is 2.89 bits per heavy atom. The number of amides is 1. The van der Waals surface area contributed by atoms with E-state index in [9.17, 15) is 4.79 Å². The van der Waals surface area contributed by atoms with E-state index in [1.807, 2.05) is 6.07 Å². The smallest absolute Gasteiger partial charge is 0.262 e. The Labute approximate surface area is 164 Å². The lowest BCUT2D eigenvalue weighted by Crippen LogP contribution is -2.15. The second kappa shape index (κ2) is 6.68. The molecular formula is C18H13ClN8O. The second-order valence-electron chi connectivity index (χ2n) is 5.99. The number of nitrogens with zero attached hydrogens (tertiary/aromatic N) is 6. The van der Waals surface area contributed by atoms with Gasteiger partial charge in [-0.2, -0.15) is 15.5 Å². The molecule has 3 heterocycles. The number of carbonyl (C=O) groups excluding carboxylic acids is 1. The minimum absolute atomic E-state index is 0.267. The van der Waals surface area contributed by atoms with Gasteiger partial charge < -0.3 is 11.1 Å². The van der Waals surface area contributed by atoms with E-state index in [4.69, 9.17) is 22.6 Å². The van der Waals surface area contributed by atoms with Crippen molar-refractivity contribution in [2.45, 2.75) is 6.92 Å². The van der Waals surface area contributed by atoms with E-state index < -0.39 is 5.91 Å². The van der Waals surface area contributed by atoms with E-state index >= 15 is 0 Å². The van der Waals surface area contributed by atoms with Crippen LogP contribution >= 0.6 is 11.6 Å². The molecule has 4 aromatic rings. The summed E-state index contributed by atoms with van der Waals surface area (Å²) >= 11 is 6.29. The van der Waals surface area contributed by atoms with Crippen LogP contribution < -0.4 is 11.1 Å². The van der Waals surface area contributed by atoms with Crippen LogP contribution in [0.15, 0.2) is 42.7 Å². The third-order valence-electron chi connectivity index (χ3n) is 4.01. The van der Waals surface area contributed by atoms with Crippen molar-refractivity contribution in [3.05, 3.63) is 64.6 Å². The minimum Gasteiger partial charge on any atom is -0.384 e. The van der Waals surface area contributed by atoms with Crippen LogP contribution in [0.1, 0.15) is 21.6 Å². The van der Waals surface area contributed by atoms with Crippen molar-refractivity contribution in [2.24, 2.45) is 0 Å². The molecule has 138 valence electrons. The average Bonchev–Trinajstić information content (AvgIpc) is 3.24. The van der Waals surface area contributed by atoms with Gasteiger partial charge in [0, 0.05) is 12.3 Å². The summed E-state index contributed by atoms with van der Waals surface area (Å²) in [6, 6.07) is 10.2. The van der Waals surface area contributed by atoms with Crippen molar-refractivity contribution in [1.82, 2.24) is 24.4 Å². The highest BCUT2D eigenvalue weighted by molar-refractivity contribution is 6.32. The molecule has 3 N–H and O–H groups in total. The lowest BCUT2D eigenvalue weighted by atomic mass is 10.2. The zero-order valence-electron chi connectivity index (χ0n) is 14.6. The monoisotopic (exact) mass is 392 g/mol. The predicted molar refractivity (Wildman–Crippen MR) is 103 cm³/mol. The van der Waals surface area contributed by atoms with Gasteiger partial charge in [-0.1, -0.05) is 11.6 Å². The fraction of sp³-hybridized carbons (Fsp3) is 0.0556. The number of nitriles is 1. The van der Waals surface area contributed by atoms with Crippen molar-refractivity contribution in [3.63, 3.8) is 0 Å². The molecule has 0 spiro atoms. The van der Waals surface area contributed by atoms with Crippen LogP contribution in [0, 0.1) is 18.3 Å². The zero-order valence-corrected chi connectivity index (χ0v) is 15.3. The summed E-state index contributed by atoms with van der Waals surface area (Å²) in [6.45, 7) is 1.79. The molecule has 0 atom stereocenters. The molecule has 4 rings (SSSR count). The van der Waals surface area contributed by atoms with E-state index in [1.165, 1.54) is 21.5 Å². The Bertz CT molecular complexity index is 1270. The highest BCUT2D eigenvalue weighted by atomic mass is 35.5. The summed E-state index contributed by atoms with van der Waals surface area (Å²) in [5.41, 5.74) is 7.97. The van der Waals surface area contributed by atoms with Crippen LogP contribution in [0.2, 0.25) is 5.02 Å². The number of rotatable bonds is 3. The topological polar surface area (TPSA) is 127 Å². The molecule has 0 radical (unpaired) electrons. The number of benzene rings is 1. The largest absolute Gasteiger partial charge is 0.384 e. The molecule has 9 nitrogen and oxygen atoms in total. The van der Waals surface area contributed by atoms with Gasteiger partial charge in [0.25, 0.3) is 5.91 Å². The van der Waals surface area contributed by atoms with Crippen molar-refractivity contribution < 1.29 is 4.79 Å². The molecule has 0 aliphatic rings. The van der Waals surface area contributed by atoms with E-state index in [0.29, 0.717) is 33.4 Å². The number of hydrogen-bond donors (Lipinski definition) is 2. The standard InChI is InChI=1S/C18H13ClN8O/c1-10-6-16(27(25-10)14-3-2-11(8-20)7-13(14)19)24-18(28)12-9-22-26-5-4-15(21)23-17(12)26/h2-7,9H,1H3,(H2,21,23)(H,24,28). The summed E-state index contributed by atoms with van der Waals surface area (Å²) in [5.74, 6) is 0.281. The number of aromatic nitrogens is 5. The first kappa shape index (κ1) is 17.5. The van der Waals surface area contributed by atoms with E-state index in [1.54, 1.807) is 37.4 Å². The Morgan fingerprint density at radius 2 is 2.14 bits per heavy atom. The first-order valence-corrected chi connectivity index (χ1v) is 8.52. The fourth-order valence-electron chi connectivity index (χ4n) is 2.75. The van der Waals surface area contributed by atoms with Crippen LogP contribution in [0.5, 0.6) is 0 Å². The summed E-state index contributed by atoms with van der Waals surface area (Å²) in [4.78, 5) is 17.0. The number of carbonyl (C=O) groups is 1. The number of fused-ring (bicyclic) bond motifs is 1. The Hall–Kier alpha value is -3.90. The number of nitrogen functional groups attached to an aromatic ring is 1. The number of nitrogens with one attached hydrogen (secondary N) is 1. The van der Waals surface area contributed by atoms with Gasteiger partial charge in [-0.3, -0.25) is 4.79 Å². The summed E-state index contributed by atoms with van der Waals surface area (Å²) in [6.07, 6.45) is 3.04. The van der Waals surface area contributed by atoms with E-state index in [-0.39, 0.29) is 11.4 Å². The first-order valence-electron chi connectivity index (χ1n) is 8.14. The fourth-order valence-corrected chi connectivity index (χ4v) is 3.01. The van der Waals surface area contributed by atoms with Gasteiger partial charge in [0.15, 0.2) is 5.65 Å². The van der Waals surface area contributed by atoms with Gasteiger partial charge in [0.05, 0.1) is 34.2 Å². The molecule has 10 heteroatoms. The molecule has 0 unspecified atom stereocenters. The van der Waals surface area contributed by atoms with Crippen molar-refractivity contribution >= 4 is 34.8 Å². The maximum atomic E-state index is 12.8. The molecule has 0 fully saturated rings. The highest BCUT2D eigenvalue weighted by Crippen LogP contribution is 2.26. The Morgan fingerprint density at radius 1 is 1.32 bits per heavy atom. The molecule has 0 aliphatic carbocycles. The summed E-state index contributed by atoms with van der Waals surface area (Å²) in [5, 5.41) is 20.6.